The highest BCUT2D eigenvalue weighted by Gasteiger charge is 2.22. The van der Waals surface area contributed by atoms with Crippen LogP contribution in [0.15, 0.2) is 36.4 Å². The second-order valence-electron chi connectivity index (χ2n) is 6.57. The molecule has 8 heteroatoms. The van der Waals surface area contributed by atoms with Gasteiger partial charge in [0.1, 0.15) is 17.6 Å². The van der Waals surface area contributed by atoms with Gasteiger partial charge in [-0.25, -0.2) is 0 Å². The van der Waals surface area contributed by atoms with Crippen molar-refractivity contribution in [2.24, 2.45) is 0 Å². The number of benzene rings is 2. The Hall–Kier alpha value is -3.29. The molecule has 28 heavy (non-hydrogen) atoms. The molecule has 2 N–H and O–H groups in total. The lowest BCUT2D eigenvalue weighted by molar-refractivity contribution is -0.384. The first-order chi connectivity index (χ1) is 13.5. The van der Waals surface area contributed by atoms with Gasteiger partial charge in [-0.15, -0.1) is 0 Å². The first kappa shape index (κ1) is 19.5. The van der Waals surface area contributed by atoms with Crippen molar-refractivity contribution in [3.05, 3.63) is 57.6 Å². The SMILES string of the molecule is CCOc1cc2c(cc1CNC(=O)CNc1cccc([N+](=O)[O-])c1)O[C@@H](C)C2. The summed E-state index contributed by atoms with van der Waals surface area (Å²) in [6, 6.07) is 9.92. The van der Waals surface area contributed by atoms with Crippen LogP contribution in [-0.4, -0.2) is 30.1 Å². The number of nitrogens with zero attached hydrogens (tertiary/aromatic N) is 1. The number of fused-ring (bicyclic) bond motifs is 1. The average Bonchev–Trinajstić information content (AvgIpc) is 3.03. The number of ether oxygens (including phenoxy) is 2. The lowest BCUT2D eigenvalue weighted by Crippen LogP contribution is -2.29. The summed E-state index contributed by atoms with van der Waals surface area (Å²) in [5, 5.41) is 16.5. The average molecular weight is 385 g/mol. The van der Waals surface area contributed by atoms with Crippen LogP contribution >= 0.6 is 0 Å². The van der Waals surface area contributed by atoms with E-state index in [1.807, 2.05) is 26.0 Å². The number of carbonyl (C=O) groups excluding carboxylic acids is 1. The number of rotatable bonds is 8. The number of hydrogen-bond donors (Lipinski definition) is 2. The van der Waals surface area contributed by atoms with E-state index in [-0.39, 0.29) is 24.2 Å². The number of non-ortho nitro benzene ring substituents is 1. The van der Waals surface area contributed by atoms with E-state index < -0.39 is 4.92 Å². The third kappa shape index (κ3) is 4.70. The van der Waals surface area contributed by atoms with Gasteiger partial charge in [-0.3, -0.25) is 14.9 Å². The van der Waals surface area contributed by atoms with Crippen molar-refractivity contribution in [3.63, 3.8) is 0 Å². The fourth-order valence-electron chi connectivity index (χ4n) is 3.08. The quantitative estimate of drug-likeness (QED) is 0.535. The van der Waals surface area contributed by atoms with Crippen molar-refractivity contribution in [1.29, 1.82) is 0 Å². The van der Waals surface area contributed by atoms with Crippen LogP contribution in [0.25, 0.3) is 0 Å². The standard InChI is InChI=1S/C20H23N3O5/c1-3-27-18-8-14-7-13(2)28-19(14)9-15(18)11-22-20(24)12-21-16-5-4-6-17(10-16)23(25)26/h4-6,8-10,13,21H,3,7,11-12H2,1-2H3,(H,22,24)/t13-/m0/s1. The molecule has 8 nitrogen and oxygen atoms in total. The fraction of sp³-hybridized carbons (Fsp3) is 0.350. The Morgan fingerprint density at radius 1 is 1.36 bits per heavy atom. The molecule has 148 valence electrons. The predicted molar refractivity (Wildman–Crippen MR) is 105 cm³/mol. The summed E-state index contributed by atoms with van der Waals surface area (Å²) in [6.45, 7) is 4.77. The van der Waals surface area contributed by atoms with E-state index in [0.29, 0.717) is 18.8 Å². The Morgan fingerprint density at radius 2 is 2.18 bits per heavy atom. The Morgan fingerprint density at radius 3 is 2.93 bits per heavy atom. The van der Waals surface area contributed by atoms with Crippen LogP contribution in [0.4, 0.5) is 11.4 Å². The molecule has 1 aliphatic heterocycles. The molecule has 3 rings (SSSR count). The second-order valence-corrected chi connectivity index (χ2v) is 6.57. The molecule has 0 saturated heterocycles. The van der Waals surface area contributed by atoms with Crippen molar-refractivity contribution in [3.8, 4) is 11.5 Å². The van der Waals surface area contributed by atoms with Gasteiger partial charge in [0.15, 0.2) is 0 Å². The molecule has 0 unspecified atom stereocenters. The van der Waals surface area contributed by atoms with Gasteiger partial charge < -0.3 is 20.1 Å². The molecule has 0 bridgehead atoms. The molecule has 1 heterocycles. The van der Waals surface area contributed by atoms with Gasteiger partial charge in [0.05, 0.1) is 18.1 Å². The minimum absolute atomic E-state index is 0.00358. The molecule has 0 spiro atoms. The van der Waals surface area contributed by atoms with Crippen LogP contribution < -0.4 is 20.1 Å². The maximum Gasteiger partial charge on any atom is 0.271 e. The van der Waals surface area contributed by atoms with Gasteiger partial charge in [0, 0.05) is 41.9 Å². The molecule has 1 atom stereocenters. The number of nitro groups is 1. The lowest BCUT2D eigenvalue weighted by atomic mass is 10.1. The Labute approximate surface area is 163 Å². The smallest absolute Gasteiger partial charge is 0.271 e. The molecule has 1 aliphatic rings. The van der Waals surface area contributed by atoms with Crippen LogP contribution in [0.1, 0.15) is 25.0 Å². The van der Waals surface area contributed by atoms with Gasteiger partial charge in [-0.1, -0.05) is 6.07 Å². The summed E-state index contributed by atoms with van der Waals surface area (Å²) >= 11 is 0. The van der Waals surface area contributed by atoms with Gasteiger partial charge in [-0.2, -0.15) is 0 Å². The molecule has 0 radical (unpaired) electrons. The van der Waals surface area contributed by atoms with Crippen LogP contribution in [0.2, 0.25) is 0 Å². The summed E-state index contributed by atoms with van der Waals surface area (Å²) in [6.07, 6.45) is 0.975. The van der Waals surface area contributed by atoms with Crippen molar-refractivity contribution < 1.29 is 19.2 Å². The van der Waals surface area contributed by atoms with E-state index in [2.05, 4.69) is 10.6 Å². The van der Waals surface area contributed by atoms with Crippen LogP contribution in [0.5, 0.6) is 11.5 Å². The highest BCUT2D eigenvalue weighted by Crippen LogP contribution is 2.35. The first-order valence-corrected chi connectivity index (χ1v) is 9.16. The Kier molecular flexibility index (Phi) is 5.98. The summed E-state index contributed by atoms with van der Waals surface area (Å²) < 4.78 is 11.5. The highest BCUT2D eigenvalue weighted by atomic mass is 16.6. The minimum atomic E-state index is -0.475. The van der Waals surface area contributed by atoms with Gasteiger partial charge in [0.2, 0.25) is 5.91 Å². The topological polar surface area (TPSA) is 103 Å². The normalized spacial score (nSPS) is 14.7. The van der Waals surface area contributed by atoms with E-state index in [1.165, 1.54) is 12.1 Å². The maximum absolute atomic E-state index is 12.2. The fourth-order valence-corrected chi connectivity index (χ4v) is 3.08. The predicted octanol–water partition coefficient (Wildman–Crippen LogP) is 3.05. The van der Waals surface area contributed by atoms with Crippen LogP contribution in [-0.2, 0) is 17.8 Å². The third-order valence-electron chi connectivity index (χ3n) is 4.37. The maximum atomic E-state index is 12.2. The number of hydrogen-bond acceptors (Lipinski definition) is 6. The van der Waals surface area contributed by atoms with E-state index in [4.69, 9.17) is 9.47 Å². The van der Waals surface area contributed by atoms with E-state index >= 15 is 0 Å². The summed E-state index contributed by atoms with van der Waals surface area (Å²) in [7, 11) is 0. The molecule has 0 saturated carbocycles. The van der Waals surface area contributed by atoms with E-state index in [0.717, 1.165) is 29.0 Å². The van der Waals surface area contributed by atoms with Gasteiger partial charge in [0.25, 0.3) is 5.69 Å². The summed E-state index contributed by atoms with van der Waals surface area (Å²) in [4.78, 5) is 22.5. The largest absolute Gasteiger partial charge is 0.494 e. The van der Waals surface area contributed by atoms with Crippen LogP contribution in [0.3, 0.4) is 0 Å². The zero-order valence-electron chi connectivity index (χ0n) is 15.9. The van der Waals surface area contributed by atoms with E-state index in [9.17, 15) is 14.9 Å². The number of amides is 1. The highest BCUT2D eigenvalue weighted by molar-refractivity contribution is 5.80. The first-order valence-electron chi connectivity index (χ1n) is 9.16. The Bertz CT molecular complexity index is 884. The molecule has 0 aromatic heterocycles. The van der Waals surface area contributed by atoms with Gasteiger partial charge >= 0.3 is 0 Å². The number of nitro benzene ring substituents is 1. The third-order valence-corrected chi connectivity index (χ3v) is 4.37. The molecule has 1 amide bonds. The molecular weight excluding hydrogens is 362 g/mol. The summed E-state index contributed by atoms with van der Waals surface area (Å²) in [5.74, 6) is 1.34. The zero-order valence-corrected chi connectivity index (χ0v) is 15.9. The van der Waals surface area contributed by atoms with Crippen molar-refractivity contribution >= 4 is 17.3 Å². The molecule has 0 aliphatic carbocycles. The second kappa shape index (κ2) is 8.60. The number of carbonyl (C=O) groups is 1. The molecular formula is C20H23N3O5. The minimum Gasteiger partial charge on any atom is -0.494 e. The number of nitrogens with one attached hydrogen (secondary N) is 2. The lowest BCUT2D eigenvalue weighted by Gasteiger charge is -2.14. The van der Waals surface area contributed by atoms with E-state index in [1.54, 1.807) is 12.1 Å². The molecule has 2 aromatic carbocycles. The monoisotopic (exact) mass is 385 g/mol. The van der Waals surface area contributed by atoms with Crippen LogP contribution in [0, 0.1) is 10.1 Å². The number of anilines is 1. The van der Waals surface area contributed by atoms with Crippen molar-refractivity contribution in [2.75, 3.05) is 18.5 Å². The van der Waals surface area contributed by atoms with Crippen molar-refractivity contribution in [2.45, 2.75) is 32.9 Å². The zero-order chi connectivity index (χ0) is 20.1. The molecule has 0 fully saturated rings. The summed E-state index contributed by atoms with van der Waals surface area (Å²) in [5.41, 5.74) is 2.44. The van der Waals surface area contributed by atoms with Crippen molar-refractivity contribution in [1.82, 2.24) is 5.32 Å². The Balaban J connectivity index is 1.59. The van der Waals surface area contributed by atoms with Gasteiger partial charge in [-0.05, 0) is 32.0 Å². The molecule has 2 aromatic rings.